The van der Waals surface area contributed by atoms with Gasteiger partial charge in [0.05, 0.1) is 11.1 Å². The fourth-order valence-corrected chi connectivity index (χ4v) is 2.47. The maximum absolute atomic E-state index is 12.0. The third-order valence-corrected chi connectivity index (χ3v) is 3.60. The molecule has 0 aliphatic carbocycles. The number of nitrogens with one attached hydrogen (secondary N) is 1. The van der Waals surface area contributed by atoms with Crippen molar-refractivity contribution in [2.45, 2.75) is 19.3 Å². The lowest BCUT2D eigenvalue weighted by Gasteiger charge is -2.26. The average molecular weight is 280 g/mol. The molecule has 110 valence electrons. The molecule has 7 heteroatoms. The lowest BCUT2D eigenvalue weighted by atomic mass is 10.1. The van der Waals surface area contributed by atoms with Crippen LogP contribution in [0.15, 0.2) is 12.3 Å². The van der Waals surface area contributed by atoms with Crippen LogP contribution in [0.5, 0.6) is 0 Å². The van der Waals surface area contributed by atoms with Gasteiger partial charge < -0.3 is 14.8 Å². The molecule has 1 amide bonds. The number of carbonyl (C=O) groups is 1. The molecule has 1 fully saturated rings. The molecule has 2 heterocycles. The summed E-state index contributed by atoms with van der Waals surface area (Å²) in [4.78, 5) is 24.5. The summed E-state index contributed by atoms with van der Waals surface area (Å²) < 4.78 is 1.48. The summed E-state index contributed by atoms with van der Waals surface area (Å²) >= 11 is 0. The van der Waals surface area contributed by atoms with Crippen molar-refractivity contribution < 1.29 is 9.72 Å². The summed E-state index contributed by atoms with van der Waals surface area (Å²) in [5, 5.41) is 13.5. The molecule has 0 unspecified atom stereocenters. The maximum atomic E-state index is 12.0. The summed E-state index contributed by atoms with van der Waals surface area (Å²) in [5.41, 5.74) is 0.254. The predicted molar refractivity (Wildman–Crippen MR) is 74.7 cm³/mol. The van der Waals surface area contributed by atoms with Crippen LogP contribution in [0, 0.1) is 10.1 Å². The van der Waals surface area contributed by atoms with Crippen LogP contribution in [0.4, 0.5) is 5.69 Å². The highest BCUT2D eigenvalue weighted by atomic mass is 16.6. The van der Waals surface area contributed by atoms with Crippen molar-refractivity contribution in [2.24, 2.45) is 7.05 Å². The minimum Gasteiger partial charge on any atom is -0.349 e. The molecule has 20 heavy (non-hydrogen) atoms. The number of amides is 1. The third kappa shape index (κ3) is 3.57. The molecule has 0 atom stereocenters. The lowest BCUT2D eigenvalue weighted by molar-refractivity contribution is -0.384. The molecule has 1 saturated heterocycles. The van der Waals surface area contributed by atoms with Crippen LogP contribution in [-0.4, -0.2) is 46.5 Å². The van der Waals surface area contributed by atoms with Crippen molar-refractivity contribution in [1.29, 1.82) is 0 Å². The summed E-state index contributed by atoms with van der Waals surface area (Å²) in [6.07, 6.45) is 5.07. The molecule has 2 rings (SSSR count). The molecule has 1 aliphatic heterocycles. The van der Waals surface area contributed by atoms with Gasteiger partial charge in [0.2, 0.25) is 0 Å². The van der Waals surface area contributed by atoms with E-state index in [-0.39, 0.29) is 11.6 Å². The topological polar surface area (TPSA) is 80.4 Å². The van der Waals surface area contributed by atoms with Crippen LogP contribution in [-0.2, 0) is 7.05 Å². The SMILES string of the molecule is Cn1cc([N+](=O)[O-])cc1C(=O)NCCN1CCCCC1. The number of hydrogen-bond acceptors (Lipinski definition) is 4. The highest BCUT2D eigenvalue weighted by molar-refractivity contribution is 5.93. The summed E-state index contributed by atoms with van der Waals surface area (Å²) in [7, 11) is 1.63. The van der Waals surface area contributed by atoms with Crippen LogP contribution in [0.2, 0.25) is 0 Å². The van der Waals surface area contributed by atoms with Crippen molar-refractivity contribution in [2.75, 3.05) is 26.2 Å². The van der Waals surface area contributed by atoms with Gasteiger partial charge in [-0.2, -0.15) is 0 Å². The third-order valence-electron chi connectivity index (χ3n) is 3.60. The van der Waals surface area contributed by atoms with Gasteiger partial charge in [-0.05, 0) is 25.9 Å². The Hall–Kier alpha value is -1.89. The van der Waals surface area contributed by atoms with Gasteiger partial charge in [0.25, 0.3) is 11.6 Å². The Bertz CT molecular complexity index is 492. The van der Waals surface area contributed by atoms with Crippen molar-refractivity contribution in [3.8, 4) is 0 Å². The smallest absolute Gasteiger partial charge is 0.287 e. The van der Waals surface area contributed by atoms with Gasteiger partial charge in [-0.3, -0.25) is 14.9 Å². The first-order valence-electron chi connectivity index (χ1n) is 6.89. The molecule has 0 bridgehead atoms. The van der Waals surface area contributed by atoms with Gasteiger partial charge in [0.15, 0.2) is 0 Å². The molecular weight excluding hydrogens is 260 g/mol. The van der Waals surface area contributed by atoms with Crippen LogP contribution in [0.3, 0.4) is 0 Å². The van der Waals surface area contributed by atoms with E-state index in [4.69, 9.17) is 0 Å². The molecule has 1 aromatic rings. The molecule has 1 aromatic heterocycles. The molecule has 0 aromatic carbocycles. The van der Waals surface area contributed by atoms with Gasteiger partial charge >= 0.3 is 0 Å². The Kier molecular flexibility index (Phi) is 4.73. The minimum absolute atomic E-state index is 0.0614. The minimum atomic E-state index is -0.496. The average Bonchev–Trinajstić information content (AvgIpc) is 2.82. The molecule has 0 radical (unpaired) electrons. The second-order valence-corrected chi connectivity index (χ2v) is 5.11. The summed E-state index contributed by atoms with van der Waals surface area (Å²) in [5.74, 6) is -0.266. The zero-order valence-corrected chi connectivity index (χ0v) is 11.7. The Morgan fingerprint density at radius 2 is 2.10 bits per heavy atom. The van der Waals surface area contributed by atoms with Crippen molar-refractivity contribution in [3.63, 3.8) is 0 Å². The van der Waals surface area contributed by atoms with E-state index in [1.165, 1.54) is 36.1 Å². The first kappa shape index (κ1) is 14.5. The Morgan fingerprint density at radius 3 is 2.70 bits per heavy atom. The van der Waals surface area contributed by atoms with Crippen molar-refractivity contribution in [3.05, 3.63) is 28.1 Å². The van der Waals surface area contributed by atoms with Crippen LogP contribution < -0.4 is 5.32 Å². The van der Waals surface area contributed by atoms with Crippen LogP contribution >= 0.6 is 0 Å². The number of likely N-dealkylation sites (tertiary alicyclic amines) is 1. The Labute approximate surface area is 117 Å². The number of hydrogen-bond donors (Lipinski definition) is 1. The number of nitrogens with zero attached hydrogens (tertiary/aromatic N) is 3. The Morgan fingerprint density at radius 1 is 1.40 bits per heavy atom. The molecule has 0 spiro atoms. The number of aryl methyl sites for hydroxylation is 1. The van der Waals surface area contributed by atoms with E-state index in [1.807, 2.05) is 0 Å². The number of piperidine rings is 1. The second kappa shape index (κ2) is 6.51. The first-order chi connectivity index (χ1) is 9.58. The van der Waals surface area contributed by atoms with E-state index >= 15 is 0 Å². The monoisotopic (exact) mass is 280 g/mol. The van der Waals surface area contributed by atoms with E-state index in [0.29, 0.717) is 12.2 Å². The van der Waals surface area contributed by atoms with Gasteiger partial charge in [0.1, 0.15) is 5.69 Å². The first-order valence-corrected chi connectivity index (χ1v) is 6.89. The number of rotatable bonds is 5. The molecular formula is C13H20N4O3. The van der Waals surface area contributed by atoms with Gasteiger partial charge in [-0.1, -0.05) is 6.42 Å². The summed E-state index contributed by atoms with van der Waals surface area (Å²) in [6, 6.07) is 1.30. The lowest BCUT2D eigenvalue weighted by Crippen LogP contribution is -2.38. The number of carbonyl (C=O) groups excluding carboxylic acids is 1. The summed E-state index contributed by atoms with van der Waals surface area (Å²) in [6.45, 7) is 3.58. The highest BCUT2D eigenvalue weighted by Crippen LogP contribution is 2.15. The fraction of sp³-hybridized carbons (Fsp3) is 0.615. The molecule has 7 nitrogen and oxygen atoms in total. The van der Waals surface area contributed by atoms with Crippen molar-refractivity contribution >= 4 is 11.6 Å². The molecule has 0 saturated carbocycles. The second-order valence-electron chi connectivity index (χ2n) is 5.11. The van der Waals surface area contributed by atoms with E-state index in [0.717, 1.165) is 19.6 Å². The van der Waals surface area contributed by atoms with E-state index in [1.54, 1.807) is 7.05 Å². The molecule has 1 aliphatic rings. The van der Waals surface area contributed by atoms with E-state index in [2.05, 4.69) is 10.2 Å². The van der Waals surface area contributed by atoms with Crippen molar-refractivity contribution in [1.82, 2.24) is 14.8 Å². The quantitative estimate of drug-likeness (QED) is 0.648. The van der Waals surface area contributed by atoms with Gasteiger partial charge in [-0.25, -0.2) is 0 Å². The van der Waals surface area contributed by atoms with E-state index < -0.39 is 4.92 Å². The normalized spacial score (nSPS) is 16.1. The van der Waals surface area contributed by atoms with E-state index in [9.17, 15) is 14.9 Å². The zero-order chi connectivity index (χ0) is 14.5. The Balaban J connectivity index is 1.83. The van der Waals surface area contributed by atoms with Gasteiger partial charge in [0, 0.05) is 26.2 Å². The predicted octanol–water partition coefficient (Wildman–Crippen LogP) is 1.15. The van der Waals surface area contributed by atoms with Gasteiger partial charge in [-0.15, -0.1) is 0 Å². The molecule has 1 N–H and O–H groups in total. The zero-order valence-electron chi connectivity index (χ0n) is 11.7. The highest BCUT2D eigenvalue weighted by Gasteiger charge is 2.17. The van der Waals surface area contributed by atoms with Crippen LogP contribution in [0.1, 0.15) is 29.8 Å². The standard InChI is InChI=1S/C13H20N4O3/c1-15-10-11(17(19)20)9-12(15)13(18)14-5-8-16-6-3-2-4-7-16/h9-10H,2-8H2,1H3,(H,14,18). The number of nitro groups is 1. The number of aromatic nitrogens is 1. The maximum Gasteiger partial charge on any atom is 0.287 e. The largest absolute Gasteiger partial charge is 0.349 e. The van der Waals surface area contributed by atoms with Crippen LogP contribution in [0.25, 0.3) is 0 Å². The fourth-order valence-electron chi connectivity index (χ4n) is 2.47.